The van der Waals surface area contributed by atoms with E-state index in [1.807, 2.05) is 36.4 Å². The Balaban J connectivity index is 1.75. The van der Waals surface area contributed by atoms with E-state index in [0.717, 1.165) is 33.7 Å². The normalized spacial score (nSPS) is 10.9. The van der Waals surface area contributed by atoms with E-state index in [0.29, 0.717) is 5.89 Å². The van der Waals surface area contributed by atoms with Gasteiger partial charge in [0.15, 0.2) is 5.76 Å². The Labute approximate surface area is 182 Å². The number of oxazole rings is 1. The highest BCUT2D eigenvalue weighted by Gasteiger charge is 2.20. The fourth-order valence-electron chi connectivity index (χ4n) is 4.04. The van der Waals surface area contributed by atoms with Crippen LogP contribution < -0.4 is 0 Å². The highest BCUT2D eigenvalue weighted by molar-refractivity contribution is 5.85. The zero-order valence-corrected chi connectivity index (χ0v) is 17.7. The van der Waals surface area contributed by atoms with Crippen molar-refractivity contribution in [1.29, 1.82) is 0 Å². The molecule has 150 valence electrons. The van der Waals surface area contributed by atoms with Crippen LogP contribution in [0.25, 0.3) is 45.2 Å². The van der Waals surface area contributed by atoms with Crippen molar-refractivity contribution in [3.8, 4) is 45.2 Å². The van der Waals surface area contributed by atoms with Crippen LogP contribution in [-0.2, 0) is 0 Å². The van der Waals surface area contributed by atoms with Gasteiger partial charge in [0.25, 0.3) is 0 Å². The molecule has 0 aliphatic rings. The van der Waals surface area contributed by atoms with Crippen LogP contribution in [0.3, 0.4) is 0 Å². The smallest absolute Gasteiger partial charge is 0.228 e. The topological polar surface area (TPSA) is 26.0 Å². The predicted octanol–water partition coefficient (Wildman–Crippen LogP) is 7.96. The van der Waals surface area contributed by atoms with Gasteiger partial charge in [0.2, 0.25) is 5.89 Å². The maximum atomic E-state index is 6.48. The van der Waals surface area contributed by atoms with Crippen LogP contribution in [0, 0.1) is 13.8 Å². The molecule has 0 atom stereocenters. The predicted molar refractivity (Wildman–Crippen MR) is 128 cm³/mol. The minimum Gasteiger partial charge on any atom is -0.435 e. The van der Waals surface area contributed by atoms with Crippen LogP contribution in [0.1, 0.15) is 11.1 Å². The molecule has 0 saturated heterocycles. The summed E-state index contributed by atoms with van der Waals surface area (Å²) in [4.78, 5) is 5.01. The number of nitrogens with zero attached hydrogens (tertiary/aromatic N) is 1. The molecule has 0 aliphatic carbocycles. The molecule has 0 N–H and O–H groups in total. The van der Waals surface area contributed by atoms with Crippen LogP contribution in [0.2, 0.25) is 0 Å². The van der Waals surface area contributed by atoms with E-state index in [9.17, 15) is 0 Å². The Kier molecular flexibility index (Phi) is 4.97. The lowest BCUT2D eigenvalue weighted by atomic mass is 9.94. The van der Waals surface area contributed by atoms with Gasteiger partial charge in [-0.2, -0.15) is 0 Å². The quantitative estimate of drug-likeness (QED) is 0.305. The van der Waals surface area contributed by atoms with Crippen LogP contribution in [-0.4, -0.2) is 4.98 Å². The minimum atomic E-state index is 0.637. The van der Waals surface area contributed by atoms with Crippen molar-refractivity contribution in [3.63, 3.8) is 0 Å². The molecule has 31 heavy (non-hydrogen) atoms. The van der Waals surface area contributed by atoms with Crippen LogP contribution in [0.15, 0.2) is 108 Å². The molecule has 5 rings (SSSR count). The molecule has 4 aromatic carbocycles. The van der Waals surface area contributed by atoms with Crippen molar-refractivity contribution in [2.24, 2.45) is 0 Å². The van der Waals surface area contributed by atoms with Crippen molar-refractivity contribution in [2.75, 3.05) is 0 Å². The first-order chi connectivity index (χ1) is 15.2. The number of hydrogen-bond acceptors (Lipinski definition) is 2. The average Bonchev–Trinajstić information content (AvgIpc) is 3.25. The Bertz CT molecular complexity index is 1280. The molecule has 0 aliphatic heterocycles. The molecular weight excluding hydrogens is 378 g/mol. The van der Waals surface area contributed by atoms with Gasteiger partial charge in [-0.3, -0.25) is 0 Å². The van der Waals surface area contributed by atoms with Gasteiger partial charge < -0.3 is 4.42 Å². The molecule has 0 bridgehead atoms. The number of rotatable bonds is 4. The molecule has 0 saturated carbocycles. The summed E-state index contributed by atoms with van der Waals surface area (Å²) in [6, 6.07) is 35.3. The summed E-state index contributed by atoms with van der Waals surface area (Å²) < 4.78 is 6.48. The maximum Gasteiger partial charge on any atom is 0.228 e. The first-order valence-corrected chi connectivity index (χ1v) is 10.5. The third kappa shape index (κ3) is 3.69. The van der Waals surface area contributed by atoms with Gasteiger partial charge in [-0.15, -0.1) is 0 Å². The van der Waals surface area contributed by atoms with E-state index in [-0.39, 0.29) is 0 Å². The molecule has 5 aromatic rings. The summed E-state index contributed by atoms with van der Waals surface area (Å²) in [5, 5.41) is 0. The molecule has 0 spiro atoms. The molecular formula is C29H23NO. The fourth-order valence-corrected chi connectivity index (χ4v) is 4.04. The molecule has 2 nitrogen and oxygen atoms in total. The third-order valence-corrected chi connectivity index (χ3v) is 5.52. The summed E-state index contributed by atoms with van der Waals surface area (Å²) in [7, 11) is 0. The zero-order valence-electron chi connectivity index (χ0n) is 17.7. The number of benzene rings is 4. The lowest BCUT2D eigenvalue weighted by molar-refractivity contribution is 0.589. The Morgan fingerprint density at radius 3 is 1.97 bits per heavy atom. The monoisotopic (exact) mass is 401 g/mol. The Morgan fingerprint density at radius 1 is 0.613 bits per heavy atom. The summed E-state index contributed by atoms with van der Waals surface area (Å²) in [6.45, 7) is 4.26. The first kappa shape index (κ1) is 19.1. The van der Waals surface area contributed by atoms with Gasteiger partial charge in [-0.05, 0) is 36.6 Å². The molecule has 1 heterocycles. The van der Waals surface area contributed by atoms with E-state index in [1.165, 1.54) is 16.7 Å². The number of aromatic nitrogens is 1. The Hall–Kier alpha value is -3.91. The van der Waals surface area contributed by atoms with Crippen molar-refractivity contribution < 1.29 is 4.42 Å². The fraction of sp³-hybridized carbons (Fsp3) is 0.0690. The molecule has 0 amide bonds. The van der Waals surface area contributed by atoms with Crippen molar-refractivity contribution in [2.45, 2.75) is 13.8 Å². The van der Waals surface area contributed by atoms with Gasteiger partial charge in [-0.25, -0.2) is 4.98 Å². The summed E-state index contributed by atoms with van der Waals surface area (Å²) in [5.41, 5.74) is 8.69. The van der Waals surface area contributed by atoms with Crippen molar-refractivity contribution in [3.05, 3.63) is 114 Å². The zero-order chi connectivity index (χ0) is 21.2. The SMILES string of the molecule is Cc1cccc(-c2c(C)cccc2-c2nc(-c3ccccc3)c(-c3ccccc3)o2)c1. The summed E-state index contributed by atoms with van der Waals surface area (Å²) >= 11 is 0. The Morgan fingerprint density at radius 2 is 1.26 bits per heavy atom. The second-order valence-electron chi connectivity index (χ2n) is 7.80. The second-order valence-corrected chi connectivity index (χ2v) is 7.80. The summed E-state index contributed by atoms with van der Waals surface area (Å²) in [5.74, 6) is 1.43. The molecule has 0 radical (unpaired) electrons. The van der Waals surface area contributed by atoms with Gasteiger partial charge in [0, 0.05) is 16.7 Å². The lowest BCUT2D eigenvalue weighted by Crippen LogP contribution is -1.90. The van der Waals surface area contributed by atoms with Crippen LogP contribution in [0.5, 0.6) is 0 Å². The molecule has 0 unspecified atom stereocenters. The standard InChI is InChI=1S/C29H23NO/c1-20-11-9-17-24(19-20)26-21(2)12-10-18-25(26)29-30-27(22-13-5-3-6-14-22)28(31-29)23-15-7-4-8-16-23/h3-19H,1-2H3. The van der Waals surface area contributed by atoms with Gasteiger partial charge in [0.1, 0.15) is 5.69 Å². The largest absolute Gasteiger partial charge is 0.435 e. The number of aryl methyl sites for hydroxylation is 2. The lowest BCUT2D eigenvalue weighted by Gasteiger charge is -2.11. The van der Waals surface area contributed by atoms with Gasteiger partial charge >= 0.3 is 0 Å². The molecule has 2 heteroatoms. The van der Waals surface area contributed by atoms with Gasteiger partial charge in [-0.1, -0.05) is 103 Å². The van der Waals surface area contributed by atoms with E-state index >= 15 is 0 Å². The van der Waals surface area contributed by atoms with E-state index < -0.39 is 0 Å². The van der Waals surface area contributed by atoms with Crippen molar-refractivity contribution >= 4 is 0 Å². The maximum absolute atomic E-state index is 6.48. The average molecular weight is 402 g/mol. The second kappa shape index (κ2) is 8.08. The van der Waals surface area contributed by atoms with Crippen molar-refractivity contribution in [1.82, 2.24) is 4.98 Å². The third-order valence-electron chi connectivity index (χ3n) is 5.52. The first-order valence-electron chi connectivity index (χ1n) is 10.5. The molecule has 1 aromatic heterocycles. The van der Waals surface area contributed by atoms with Gasteiger partial charge in [0.05, 0.1) is 0 Å². The van der Waals surface area contributed by atoms with Crippen LogP contribution >= 0.6 is 0 Å². The summed E-state index contributed by atoms with van der Waals surface area (Å²) in [6.07, 6.45) is 0. The highest BCUT2D eigenvalue weighted by Crippen LogP contribution is 2.40. The minimum absolute atomic E-state index is 0.637. The van der Waals surface area contributed by atoms with E-state index in [2.05, 4.69) is 80.6 Å². The van der Waals surface area contributed by atoms with E-state index in [1.54, 1.807) is 0 Å². The number of hydrogen-bond donors (Lipinski definition) is 0. The van der Waals surface area contributed by atoms with Crippen LogP contribution in [0.4, 0.5) is 0 Å². The highest BCUT2D eigenvalue weighted by atomic mass is 16.4. The molecule has 0 fully saturated rings. The van der Waals surface area contributed by atoms with E-state index in [4.69, 9.17) is 9.40 Å².